The van der Waals surface area contributed by atoms with E-state index in [0.29, 0.717) is 11.2 Å². The minimum absolute atomic E-state index is 0.0432. The molecule has 8 nitrogen and oxygen atoms in total. The summed E-state index contributed by atoms with van der Waals surface area (Å²) in [6.45, 7) is 3.98. The van der Waals surface area contributed by atoms with Crippen LogP contribution in [0.3, 0.4) is 0 Å². The maximum Gasteiger partial charge on any atom is 0.416 e. The van der Waals surface area contributed by atoms with Gasteiger partial charge in [0.2, 0.25) is 0 Å². The van der Waals surface area contributed by atoms with Gasteiger partial charge in [0.15, 0.2) is 0 Å². The second-order valence-electron chi connectivity index (χ2n) is 7.77. The van der Waals surface area contributed by atoms with E-state index < -0.39 is 29.3 Å². The van der Waals surface area contributed by atoms with E-state index in [1.54, 1.807) is 18.4 Å². The van der Waals surface area contributed by atoms with Crippen LogP contribution in [0.1, 0.15) is 47.0 Å². The Kier molecular flexibility index (Phi) is 5.63. The summed E-state index contributed by atoms with van der Waals surface area (Å²) in [4.78, 5) is 25.5. The lowest BCUT2D eigenvalue weighted by Gasteiger charge is -2.31. The number of carbonyl (C=O) groups is 1. The highest BCUT2D eigenvalue weighted by Crippen LogP contribution is 2.36. The molecule has 0 radical (unpaired) electrons. The topological polar surface area (TPSA) is 102 Å². The van der Waals surface area contributed by atoms with Gasteiger partial charge in [0.05, 0.1) is 35.1 Å². The Morgan fingerprint density at radius 1 is 1.34 bits per heavy atom. The molecule has 0 saturated carbocycles. The van der Waals surface area contributed by atoms with Crippen molar-refractivity contribution in [2.75, 3.05) is 13.2 Å². The van der Waals surface area contributed by atoms with Crippen molar-refractivity contribution in [1.29, 1.82) is 0 Å². The molecule has 2 aromatic heterocycles. The average Bonchev–Trinajstić information content (AvgIpc) is 3.35. The molecule has 2 atom stereocenters. The second-order valence-corrected chi connectivity index (χ2v) is 7.77. The van der Waals surface area contributed by atoms with E-state index in [9.17, 15) is 23.1 Å². The molecule has 2 N–H and O–H groups in total. The highest BCUT2D eigenvalue weighted by Gasteiger charge is 2.45. The van der Waals surface area contributed by atoms with E-state index in [4.69, 9.17) is 4.74 Å². The summed E-state index contributed by atoms with van der Waals surface area (Å²) in [6, 6.07) is 2.23. The van der Waals surface area contributed by atoms with Gasteiger partial charge in [-0.1, -0.05) is 0 Å². The van der Waals surface area contributed by atoms with Crippen LogP contribution in [0.4, 0.5) is 13.2 Å². The number of fused-ring (bicyclic) bond motifs is 1. The second kappa shape index (κ2) is 8.14. The van der Waals surface area contributed by atoms with Crippen LogP contribution in [-0.2, 0) is 17.5 Å². The first-order valence-corrected chi connectivity index (χ1v) is 10.1. The van der Waals surface area contributed by atoms with Gasteiger partial charge < -0.3 is 19.7 Å². The number of imidazole rings is 1. The minimum atomic E-state index is -4.51. The molecule has 1 saturated heterocycles. The molecule has 0 spiro atoms. The molecule has 3 heterocycles. The van der Waals surface area contributed by atoms with Crippen molar-refractivity contribution >= 4 is 16.9 Å². The van der Waals surface area contributed by atoms with E-state index in [1.807, 2.05) is 0 Å². The smallest absolute Gasteiger partial charge is 0.385 e. The maximum atomic E-state index is 13.3. The van der Waals surface area contributed by atoms with Crippen molar-refractivity contribution in [2.45, 2.75) is 44.6 Å². The molecule has 170 valence electrons. The molecule has 4 rings (SSSR count). The predicted molar refractivity (Wildman–Crippen MR) is 108 cm³/mol. The molecule has 1 aliphatic rings. The summed E-state index contributed by atoms with van der Waals surface area (Å²) in [5, 5.41) is 14.0. The van der Waals surface area contributed by atoms with E-state index >= 15 is 0 Å². The lowest BCUT2D eigenvalue weighted by Crippen LogP contribution is -2.48. The molecule has 0 bridgehead atoms. The van der Waals surface area contributed by atoms with E-state index in [0.717, 1.165) is 12.1 Å². The number of benzene rings is 1. The summed E-state index contributed by atoms with van der Waals surface area (Å²) in [5.41, 5.74) is -1.03. The van der Waals surface area contributed by atoms with Crippen LogP contribution in [0.15, 0.2) is 30.6 Å². The summed E-state index contributed by atoms with van der Waals surface area (Å²) in [6.07, 6.45) is -1.53. The zero-order valence-electron chi connectivity index (χ0n) is 17.5. The molecule has 0 unspecified atom stereocenters. The Hall–Kier alpha value is -3.05. The summed E-state index contributed by atoms with van der Waals surface area (Å²) in [5.74, 6) is -0.350. The number of alkyl halides is 3. The van der Waals surface area contributed by atoms with Crippen LogP contribution >= 0.6 is 0 Å². The van der Waals surface area contributed by atoms with Crippen molar-refractivity contribution in [1.82, 2.24) is 24.8 Å². The number of aromatic nitrogens is 4. The van der Waals surface area contributed by atoms with Crippen LogP contribution in [0, 0.1) is 6.92 Å². The van der Waals surface area contributed by atoms with Gasteiger partial charge >= 0.3 is 6.18 Å². The number of nitrogens with one attached hydrogen (secondary N) is 1. The maximum absolute atomic E-state index is 13.3. The average molecular weight is 449 g/mol. The first-order chi connectivity index (χ1) is 15.1. The Morgan fingerprint density at radius 2 is 2.12 bits per heavy atom. The standard InChI is InChI=1S/C21H22F3N5O3/c1-3-29-16-8-13(21(22,23)24)4-5-14(16)27-18(29)17(20(31)6-7-32-11-20)28-19(30)15-10-25-12(2)9-26-15/h4-5,8-10,17,31H,3,6-7,11H2,1-2H3,(H,28,30)/t17-,20+/m1/s1. The van der Waals surface area contributed by atoms with Gasteiger partial charge in [0.25, 0.3) is 5.91 Å². The predicted octanol–water partition coefficient (Wildman–Crippen LogP) is 2.80. The summed E-state index contributed by atoms with van der Waals surface area (Å²) >= 11 is 0. The zero-order chi connectivity index (χ0) is 23.1. The van der Waals surface area contributed by atoms with Crippen molar-refractivity contribution in [3.63, 3.8) is 0 Å². The number of rotatable bonds is 5. The van der Waals surface area contributed by atoms with Crippen LogP contribution in [0.5, 0.6) is 0 Å². The van der Waals surface area contributed by atoms with Gasteiger partial charge in [-0.25, -0.2) is 9.97 Å². The number of amides is 1. The molecule has 1 amide bonds. The highest BCUT2D eigenvalue weighted by atomic mass is 19.4. The van der Waals surface area contributed by atoms with Gasteiger partial charge in [-0.3, -0.25) is 9.78 Å². The van der Waals surface area contributed by atoms with E-state index in [-0.39, 0.29) is 43.2 Å². The van der Waals surface area contributed by atoms with Gasteiger partial charge in [-0.05, 0) is 32.0 Å². The summed E-state index contributed by atoms with van der Waals surface area (Å²) in [7, 11) is 0. The number of ether oxygens (including phenoxy) is 1. The Morgan fingerprint density at radius 3 is 2.72 bits per heavy atom. The fourth-order valence-corrected chi connectivity index (χ4v) is 3.82. The third-order valence-corrected chi connectivity index (χ3v) is 5.54. The van der Waals surface area contributed by atoms with Crippen molar-refractivity contribution < 1.29 is 27.8 Å². The normalized spacial score (nSPS) is 19.9. The lowest BCUT2D eigenvalue weighted by atomic mass is 9.92. The third kappa shape index (κ3) is 4.05. The Balaban J connectivity index is 1.80. The van der Waals surface area contributed by atoms with Crippen molar-refractivity contribution in [3.8, 4) is 0 Å². The van der Waals surface area contributed by atoms with Crippen molar-refractivity contribution in [3.05, 3.63) is 53.4 Å². The van der Waals surface area contributed by atoms with Crippen LogP contribution in [-0.4, -0.2) is 49.3 Å². The molecular formula is C21H22F3N5O3. The number of hydrogen-bond acceptors (Lipinski definition) is 6. The molecule has 1 fully saturated rings. The Bertz CT molecular complexity index is 1140. The number of nitrogens with zero attached hydrogens (tertiary/aromatic N) is 4. The van der Waals surface area contributed by atoms with Gasteiger partial charge in [0.1, 0.15) is 23.2 Å². The van der Waals surface area contributed by atoms with Gasteiger partial charge in [-0.15, -0.1) is 0 Å². The lowest BCUT2D eigenvalue weighted by molar-refractivity contribution is -0.137. The number of aliphatic hydroxyl groups is 1. The molecule has 3 aromatic rings. The van der Waals surface area contributed by atoms with Gasteiger partial charge in [0, 0.05) is 25.8 Å². The molecule has 11 heteroatoms. The SMILES string of the molecule is CCn1c([C@@H](NC(=O)c2cnc(C)cn2)[C@]2(O)CCOC2)nc2ccc(C(F)(F)F)cc21. The van der Waals surface area contributed by atoms with Crippen LogP contribution < -0.4 is 5.32 Å². The van der Waals surface area contributed by atoms with E-state index in [1.165, 1.54) is 18.5 Å². The minimum Gasteiger partial charge on any atom is -0.385 e. The molecule has 0 aliphatic carbocycles. The molecule has 1 aliphatic heterocycles. The molecule has 32 heavy (non-hydrogen) atoms. The zero-order valence-corrected chi connectivity index (χ0v) is 17.5. The monoisotopic (exact) mass is 449 g/mol. The summed E-state index contributed by atoms with van der Waals surface area (Å²) < 4.78 is 46.7. The van der Waals surface area contributed by atoms with Crippen LogP contribution in [0.2, 0.25) is 0 Å². The van der Waals surface area contributed by atoms with Crippen LogP contribution in [0.25, 0.3) is 11.0 Å². The number of hydrogen-bond donors (Lipinski definition) is 2. The van der Waals surface area contributed by atoms with Crippen molar-refractivity contribution in [2.24, 2.45) is 0 Å². The number of carbonyl (C=O) groups excluding carboxylic acids is 1. The first kappa shape index (κ1) is 22.2. The fraction of sp³-hybridized carbons (Fsp3) is 0.429. The highest BCUT2D eigenvalue weighted by molar-refractivity contribution is 5.92. The number of aryl methyl sites for hydroxylation is 2. The fourth-order valence-electron chi connectivity index (χ4n) is 3.82. The van der Waals surface area contributed by atoms with E-state index in [2.05, 4.69) is 20.3 Å². The quantitative estimate of drug-likeness (QED) is 0.621. The first-order valence-electron chi connectivity index (χ1n) is 10.1. The molecular weight excluding hydrogens is 427 g/mol. The Labute approximate surface area is 181 Å². The largest absolute Gasteiger partial charge is 0.416 e. The number of halogens is 3. The third-order valence-electron chi connectivity index (χ3n) is 5.54. The van der Waals surface area contributed by atoms with Gasteiger partial charge in [-0.2, -0.15) is 13.2 Å². The molecule has 1 aromatic carbocycles.